The molecule has 1 nitrogen and oxygen atoms in total. The summed E-state index contributed by atoms with van der Waals surface area (Å²) in [6.07, 6.45) is 27.6. The van der Waals surface area contributed by atoms with Crippen LogP contribution in [0.25, 0.3) is 0 Å². The van der Waals surface area contributed by atoms with Crippen molar-refractivity contribution in [3.05, 3.63) is 0 Å². The van der Waals surface area contributed by atoms with Gasteiger partial charge in [-0.05, 0) is 30.6 Å². The second-order valence-corrected chi connectivity index (χ2v) is 9.56. The van der Waals surface area contributed by atoms with E-state index in [-0.39, 0.29) is 0 Å². The molecule has 152 valence electrons. The summed E-state index contributed by atoms with van der Waals surface area (Å²) < 4.78 is 0. The number of hydrogen-bond donors (Lipinski definition) is 0. The molecule has 0 radical (unpaired) electrons. The number of ketones is 1. The lowest BCUT2D eigenvalue weighted by Crippen LogP contribution is -2.15. The third-order valence-corrected chi connectivity index (χ3v) is 7.32. The number of rotatable bonds is 13. The normalized spacial score (nSPS) is 24.9. The average molecular weight is 363 g/mol. The molecule has 0 bridgehead atoms. The summed E-state index contributed by atoms with van der Waals surface area (Å²) in [5, 5.41) is 0. The zero-order chi connectivity index (χ0) is 18.5. The smallest absolute Gasteiger partial charge is 0.132 e. The van der Waals surface area contributed by atoms with Crippen molar-refractivity contribution in [2.45, 2.75) is 135 Å². The first-order chi connectivity index (χ1) is 12.8. The van der Waals surface area contributed by atoms with Gasteiger partial charge in [0.2, 0.25) is 0 Å². The Morgan fingerprint density at radius 2 is 0.962 bits per heavy atom. The minimum atomic E-state index is 0.509. The molecule has 0 aromatic carbocycles. The molecule has 2 fully saturated rings. The first-order valence-corrected chi connectivity index (χ1v) is 12.3. The van der Waals surface area contributed by atoms with Crippen molar-refractivity contribution >= 4 is 5.78 Å². The SMILES string of the molecule is CCCCCCCCCC1CCC(CCCCC2CCC(=O)CC2)CC1. The van der Waals surface area contributed by atoms with Crippen molar-refractivity contribution in [2.24, 2.45) is 17.8 Å². The predicted molar refractivity (Wildman–Crippen MR) is 113 cm³/mol. The van der Waals surface area contributed by atoms with Gasteiger partial charge in [0.1, 0.15) is 5.78 Å². The molecule has 0 saturated heterocycles. The van der Waals surface area contributed by atoms with Gasteiger partial charge in [-0.2, -0.15) is 0 Å². The fraction of sp³-hybridized carbons (Fsp3) is 0.960. The Kier molecular flexibility index (Phi) is 11.6. The third kappa shape index (κ3) is 9.56. The molecule has 0 aliphatic heterocycles. The van der Waals surface area contributed by atoms with E-state index in [0.717, 1.165) is 30.6 Å². The lowest BCUT2D eigenvalue weighted by atomic mass is 9.77. The molecule has 0 aromatic heterocycles. The Balaban J connectivity index is 1.39. The van der Waals surface area contributed by atoms with Gasteiger partial charge in [-0.3, -0.25) is 4.79 Å². The molecule has 0 heterocycles. The van der Waals surface area contributed by atoms with Crippen molar-refractivity contribution in [1.82, 2.24) is 0 Å². The Bertz CT molecular complexity index is 343. The zero-order valence-electron chi connectivity index (χ0n) is 17.8. The van der Waals surface area contributed by atoms with Crippen LogP contribution < -0.4 is 0 Å². The Hall–Kier alpha value is -0.330. The van der Waals surface area contributed by atoms with Crippen LogP contribution in [0.4, 0.5) is 0 Å². The third-order valence-electron chi connectivity index (χ3n) is 7.32. The summed E-state index contributed by atoms with van der Waals surface area (Å²) in [5.41, 5.74) is 0. The van der Waals surface area contributed by atoms with E-state index in [2.05, 4.69) is 6.92 Å². The molecule has 1 heteroatoms. The molecule has 0 amide bonds. The number of Topliss-reactive ketones (excluding diaryl/α,β-unsaturated/α-hetero) is 1. The lowest BCUT2D eigenvalue weighted by Gasteiger charge is -2.29. The van der Waals surface area contributed by atoms with Gasteiger partial charge in [-0.15, -0.1) is 0 Å². The quantitative estimate of drug-likeness (QED) is 0.301. The molecule has 2 aliphatic carbocycles. The van der Waals surface area contributed by atoms with Gasteiger partial charge in [0.05, 0.1) is 0 Å². The Morgan fingerprint density at radius 1 is 0.577 bits per heavy atom. The van der Waals surface area contributed by atoms with E-state index in [0.29, 0.717) is 5.78 Å². The van der Waals surface area contributed by atoms with Crippen LogP contribution in [0.2, 0.25) is 0 Å². The fourth-order valence-electron chi connectivity index (χ4n) is 5.35. The highest BCUT2D eigenvalue weighted by Gasteiger charge is 2.21. The summed E-state index contributed by atoms with van der Waals surface area (Å²) in [7, 11) is 0. The van der Waals surface area contributed by atoms with E-state index < -0.39 is 0 Å². The molecule has 2 aliphatic rings. The minimum absolute atomic E-state index is 0.509. The Labute approximate surface area is 164 Å². The number of carbonyl (C=O) groups excluding carboxylic acids is 1. The highest BCUT2D eigenvalue weighted by Crippen LogP contribution is 2.35. The van der Waals surface area contributed by atoms with E-state index in [4.69, 9.17) is 0 Å². The second-order valence-electron chi connectivity index (χ2n) is 9.56. The van der Waals surface area contributed by atoms with Gasteiger partial charge in [0.15, 0.2) is 0 Å². The first kappa shape index (κ1) is 22.0. The highest BCUT2D eigenvalue weighted by molar-refractivity contribution is 5.78. The summed E-state index contributed by atoms with van der Waals surface area (Å²) in [4.78, 5) is 11.3. The van der Waals surface area contributed by atoms with Crippen LogP contribution in [0.5, 0.6) is 0 Å². The summed E-state index contributed by atoms with van der Waals surface area (Å²) >= 11 is 0. The summed E-state index contributed by atoms with van der Waals surface area (Å²) in [5.74, 6) is 3.47. The molecule has 26 heavy (non-hydrogen) atoms. The first-order valence-electron chi connectivity index (χ1n) is 12.3. The van der Waals surface area contributed by atoms with Gasteiger partial charge in [0, 0.05) is 12.8 Å². The average Bonchev–Trinajstić information content (AvgIpc) is 2.67. The molecule has 0 spiro atoms. The van der Waals surface area contributed by atoms with E-state index in [1.165, 1.54) is 116 Å². The molecule has 0 atom stereocenters. The topological polar surface area (TPSA) is 17.1 Å². The minimum Gasteiger partial charge on any atom is -0.300 e. The largest absolute Gasteiger partial charge is 0.300 e. The monoisotopic (exact) mass is 362 g/mol. The molecular formula is C25H46O. The van der Waals surface area contributed by atoms with Gasteiger partial charge in [-0.25, -0.2) is 0 Å². The van der Waals surface area contributed by atoms with E-state index in [1.807, 2.05) is 0 Å². The van der Waals surface area contributed by atoms with Crippen LogP contribution in [0.1, 0.15) is 135 Å². The summed E-state index contributed by atoms with van der Waals surface area (Å²) in [6.45, 7) is 2.30. The van der Waals surface area contributed by atoms with Crippen LogP contribution in [-0.2, 0) is 4.79 Å². The maximum Gasteiger partial charge on any atom is 0.132 e. The van der Waals surface area contributed by atoms with Crippen LogP contribution in [-0.4, -0.2) is 5.78 Å². The molecule has 2 rings (SSSR count). The fourth-order valence-corrected chi connectivity index (χ4v) is 5.35. The van der Waals surface area contributed by atoms with Crippen molar-refractivity contribution in [2.75, 3.05) is 0 Å². The number of hydrogen-bond acceptors (Lipinski definition) is 1. The maximum absolute atomic E-state index is 11.3. The summed E-state index contributed by atoms with van der Waals surface area (Å²) in [6, 6.07) is 0. The zero-order valence-corrected chi connectivity index (χ0v) is 17.8. The van der Waals surface area contributed by atoms with Gasteiger partial charge in [0.25, 0.3) is 0 Å². The maximum atomic E-state index is 11.3. The van der Waals surface area contributed by atoms with E-state index >= 15 is 0 Å². The Morgan fingerprint density at radius 3 is 1.46 bits per heavy atom. The molecule has 2 saturated carbocycles. The second kappa shape index (κ2) is 13.8. The van der Waals surface area contributed by atoms with Gasteiger partial charge >= 0.3 is 0 Å². The van der Waals surface area contributed by atoms with Crippen LogP contribution in [0, 0.1) is 17.8 Å². The van der Waals surface area contributed by atoms with Crippen LogP contribution in [0.15, 0.2) is 0 Å². The number of unbranched alkanes of at least 4 members (excludes halogenated alkanes) is 7. The van der Waals surface area contributed by atoms with Crippen LogP contribution in [0.3, 0.4) is 0 Å². The van der Waals surface area contributed by atoms with Crippen molar-refractivity contribution in [3.63, 3.8) is 0 Å². The molecule has 0 N–H and O–H groups in total. The molecule has 0 unspecified atom stereocenters. The highest BCUT2D eigenvalue weighted by atomic mass is 16.1. The standard InChI is InChI=1S/C25H46O/c1-2-3-4-5-6-7-8-11-22-14-16-23(17-15-22)12-9-10-13-24-18-20-25(26)21-19-24/h22-24H,2-21H2,1H3. The van der Waals surface area contributed by atoms with Gasteiger partial charge in [-0.1, -0.05) is 110 Å². The number of carbonyl (C=O) groups is 1. The van der Waals surface area contributed by atoms with Crippen molar-refractivity contribution in [3.8, 4) is 0 Å². The van der Waals surface area contributed by atoms with Crippen molar-refractivity contribution < 1.29 is 4.79 Å². The lowest BCUT2D eigenvalue weighted by molar-refractivity contribution is -0.121. The van der Waals surface area contributed by atoms with Gasteiger partial charge < -0.3 is 0 Å². The van der Waals surface area contributed by atoms with E-state index in [9.17, 15) is 4.79 Å². The molecular weight excluding hydrogens is 316 g/mol. The predicted octanol–water partition coefficient (Wildman–Crippen LogP) is 8.25. The molecule has 0 aromatic rings. The van der Waals surface area contributed by atoms with E-state index in [1.54, 1.807) is 0 Å². The van der Waals surface area contributed by atoms with Crippen LogP contribution >= 0.6 is 0 Å². The van der Waals surface area contributed by atoms with Crippen molar-refractivity contribution in [1.29, 1.82) is 0 Å².